The minimum absolute atomic E-state index is 0.0572. The monoisotopic (exact) mass is 458 g/mol. The normalized spacial score (nSPS) is 10.9. The summed E-state index contributed by atoms with van der Waals surface area (Å²) in [7, 11) is 1.87. The van der Waals surface area contributed by atoms with Crippen molar-refractivity contribution in [3.05, 3.63) is 63.9 Å². The summed E-state index contributed by atoms with van der Waals surface area (Å²) in [5, 5.41) is 12.8. The van der Waals surface area contributed by atoms with Crippen molar-refractivity contribution in [2.45, 2.75) is 45.4 Å². The molecule has 1 heterocycles. The van der Waals surface area contributed by atoms with Crippen molar-refractivity contribution in [2.75, 3.05) is 11.1 Å². The first kappa shape index (κ1) is 23.2. The highest BCUT2D eigenvalue weighted by Crippen LogP contribution is 2.25. The van der Waals surface area contributed by atoms with Gasteiger partial charge in [0.1, 0.15) is 12.4 Å². The first-order valence-corrected chi connectivity index (χ1v) is 11.6. The van der Waals surface area contributed by atoms with Gasteiger partial charge < -0.3 is 14.6 Å². The molecule has 164 valence electrons. The number of hydrogen-bond acceptors (Lipinski definition) is 5. The molecule has 0 aliphatic rings. The van der Waals surface area contributed by atoms with Crippen molar-refractivity contribution in [2.24, 2.45) is 7.05 Å². The number of para-hydroxylation sites is 1. The molecule has 8 heteroatoms. The Morgan fingerprint density at radius 2 is 1.87 bits per heavy atom. The first-order valence-electron chi connectivity index (χ1n) is 10.2. The van der Waals surface area contributed by atoms with Crippen molar-refractivity contribution in [3.8, 4) is 5.75 Å². The number of halogens is 1. The standard InChI is InChI=1S/C23H27ClN4O2S/c1-5-16-8-7-9-17(6-2)22(16)25-21(29)14-31-23-27-26-20(28(23)4)13-30-19-11-10-18(24)12-15(19)3/h7-12H,5-6,13-14H2,1-4H3,(H,25,29). The number of hydrogen-bond donors (Lipinski definition) is 1. The van der Waals surface area contributed by atoms with Crippen LogP contribution in [-0.4, -0.2) is 26.4 Å². The van der Waals surface area contributed by atoms with Crippen LogP contribution < -0.4 is 10.1 Å². The maximum absolute atomic E-state index is 12.6. The highest BCUT2D eigenvalue weighted by atomic mass is 35.5. The Morgan fingerprint density at radius 1 is 1.16 bits per heavy atom. The number of thioether (sulfide) groups is 1. The summed E-state index contributed by atoms with van der Waals surface area (Å²) in [6, 6.07) is 11.6. The third-order valence-electron chi connectivity index (χ3n) is 5.01. The van der Waals surface area contributed by atoms with E-state index in [1.165, 1.54) is 11.8 Å². The van der Waals surface area contributed by atoms with E-state index in [2.05, 4.69) is 41.5 Å². The third kappa shape index (κ3) is 5.80. The fraction of sp³-hybridized carbons (Fsp3) is 0.348. The number of rotatable bonds is 9. The second kappa shape index (κ2) is 10.7. The highest BCUT2D eigenvalue weighted by molar-refractivity contribution is 7.99. The van der Waals surface area contributed by atoms with E-state index < -0.39 is 0 Å². The van der Waals surface area contributed by atoms with E-state index >= 15 is 0 Å². The number of nitrogens with one attached hydrogen (secondary N) is 1. The fourth-order valence-corrected chi connectivity index (χ4v) is 4.18. The van der Waals surface area contributed by atoms with Crippen LogP contribution in [0.3, 0.4) is 0 Å². The molecule has 31 heavy (non-hydrogen) atoms. The second-order valence-corrected chi connectivity index (χ2v) is 8.53. The first-order chi connectivity index (χ1) is 14.9. The number of aryl methyl sites for hydroxylation is 3. The topological polar surface area (TPSA) is 69.0 Å². The zero-order valence-corrected chi connectivity index (χ0v) is 19.8. The molecule has 0 saturated heterocycles. The van der Waals surface area contributed by atoms with E-state index in [-0.39, 0.29) is 18.3 Å². The number of ether oxygens (including phenoxy) is 1. The number of anilines is 1. The van der Waals surface area contributed by atoms with Gasteiger partial charge in [0.25, 0.3) is 0 Å². The SMILES string of the molecule is CCc1cccc(CC)c1NC(=O)CSc1nnc(COc2ccc(Cl)cc2C)n1C. The lowest BCUT2D eigenvalue weighted by Gasteiger charge is -2.14. The highest BCUT2D eigenvalue weighted by Gasteiger charge is 2.14. The largest absolute Gasteiger partial charge is 0.485 e. The molecule has 3 aromatic rings. The van der Waals surface area contributed by atoms with Gasteiger partial charge in [-0.2, -0.15) is 0 Å². The Morgan fingerprint density at radius 3 is 2.52 bits per heavy atom. The Hall–Kier alpha value is -2.51. The van der Waals surface area contributed by atoms with Crippen molar-refractivity contribution in [1.82, 2.24) is 14.8 Å². The second-order valence-electron chi connectivity index (χ2n) is 7.15. The van der Waals surface area contributed by atoms with E-state index in [4.69, 9.17) is 16.3 Å². The van der Waals surface area contributed by atoms with E-state index in [1.54, 1.807) is 6.07 Å². The Kier molecular flexibility index (Phi) is 7.98. The van der Waals surface area contributed by atoms with Crippen LogP contribution in [-0.2, 0) is 31.3 Å². The molecule has 1 amide bonds. The lowest BCUT2D eigenvalue weighted by atomic mass is 10.0. The lowest BCUT2D eigenvalue weighted by molar-refractivity contribution is -0.113. The van der Waals surface area contributed by atoms with Gasteiger partial charge in [-0.05, 0) is 54.7 Å². The van der Waals surface area contributed by atoms with Crippen LogP contribution in [0, 0.1) is 6.92 Å². The number of aromatic nitrogens is 3. The van der Waals surface area contributed by atoms with Gasteiger partial charge in [-0.1, -0.05) is 55.4 Å². The molecular weight excluding hydrogens is 432 g/mol. The van der Waals surface area contributed by atoms with Crippen LogP contribution in [0.1, 0.15) is 36.4 Å². The summed E-state index contributed by atoms with van der Waals surface area (Å²) in [6.45, 7) is 6.41. The van der Waals surface area contributed by atoms with Crippen LogP contribution in [0.2, 0.25) is 5.02 Å². The number of carbonyl (C=O) groups is 1. The third-order valence-corrected chi connectivity index (χ3v) is 6.27. The molecular formula is C23H27ClN4O2S. The zero-order valence-electron chi connectivity index (χ0n) is 18.2. The van der Waals surface area contributed by atoms with Crippen LogP contribution in [0.5, 0.6) is 5.75 Å². The van der Waals surface area contributed by atoms with Gasteiger partial charge in [-0.25, -0.2) is 0 Å². The molecule has 0 radical (unpaired) electrons. The molecule has 3 rings (SSSR count). The predicted molar refractivity (Wildman–Crippen MR) is 126 cm³/mol. The van der Waals surface area contributed by atoms with E-state index in [1.807, 2.05) is 36.7 Å². The van der Waals surface area contributed by atoms with Crippen molar-refractivity contribution in [1.29, 1.82) is 0 Å². The average Bonchev–Trinajstić information content (AvgIpc) is 3.11. The van der Waals surface area contributed by atoms with Gasteiger partial charge in [-0.3, -0.25) is 4.79 Å². The van der Waals surface area contributed by atoms with Gasteiger partial charge in [0, 0.05) is 17.8 Å². The van der Waals surface area contributed by atoms with Crippen LogP contribution in [0.4, 0.5) is 5.69 Å². The van der Waals surface area contributed by atoms with Gasteiger partial charge in [0.15, 0.2) is 11.0 Å². The minimum Gasteiger partial charge on any atom is -0.485 e. The molecule has 0 aliphatic heterocycles. The average molecular weight is 459 g/mol. The molecule has 0 aliphatic carbocycles. The van der Waals surface area contributed by atoms with Crippen molar-refractivity contribution in [3.63, 3.8) is 0 Å². The van der Waals surface area contributed by atoms with Gasteiger partial charge >= 0.3 is 0 Å². The molecule has 0 atom stereocenters. The maximum atomic E-state index is 12.6. The summed E-state index contributed by atoms with van der Waals surface area (Å²) < 4.78 is 7.70. The molecule has 1 aromatic heterocycles. The van der Waals surface area contributed by atoms with Crippen molar-refractivity contribution < 1.29 is 9.53 Å². The molecule has 6 nitrogen and oxygen atoms in total. The number of amides is 1. The smallest absolute Gasteiger partial charge is 0.234 e. The summed E-state index contributed by atoms with van der Waals surface area (Å²) in [6.07, 6.45) is 1.74. The van der Waals surface area contributed by atoms with Crippen molar-refractivity contribution >= 4 is 35.0 Å². The van der Waals surface area contributed by atoms with E-state index in [0.717, 1.165) is 41.0 Å². The summed E-state index contributed by atoms with van der Waals surface area (Å²) in [4.78, 5) is 12.6. The summed E-state index contributed by atoms with van der Waals surface area (Å²) in [5.41, 5.74) is 4.19. The molecule has 2 aromatic carbocycles. The molecule has 1 N–H and O–H groups in total. The van der Waals surface area contributed by atoms with E-state index in [9.17, 15) is 4.79 Å². The number of benzene rings is 2. The van der Waals surface area contributed by atoms with Gasteiger partial charge in [0.05, 0.1) is 5.75 Å². The number of carbonyl (C=O) groups excluding carboxylic acids is 1. The Bertz CT molecular complexity index is 1050. The van der Waals surface area contributed by atoms with E-state index in [0.29, 0.717) is 16.0 Å². The number of nitrogens with zero attached hydrogens (tertiary/aromatic N) is 3. The Labute approximate surface area is 192 Å². The molecule has 0 unspecified atom stereocenters. The zero-order chi connectivity index (χ0) is 22.4. The molecule has 0 spiro atoms. The molecule has 0 fully saturated rings. The quantitative estimate of drug-likeness (QED) is 0.445. The summed E-state index contributed by atoms with van der Waals surface area (Å²) >= 11 is 7.34. The van der Waals surface area contributed by atoms with Gasteiger partial charge in [-0.15, -0.1) is 10.2 Å². The van der Waals surface area contributed by atoms with Gasteiger partial charge in [0.2, 0.25) is 5.91 Å². The van der Waals surface area contributed by atoms with Crippen LogP contribution >= 0.6 is 23.4 Å². The minimum atomic E-state index is -0.0572. The summed E-state index contributed by atoms with van der Waals surface area (Å²) in [5.74, 6) is 1.63. The molecule has 0 bridgehead atoms. The molecule has 0 saturated carbocycles. The van der Waals surface area contributed by atoms with Crippen LogP contribution in [0.25, 0.3) is 0 Å². The van der Waals surface area contributed by atoms with Crippen LogP contribution in [0.15, 0.2) is 41.6 Å². The predicted octanol–water partition coefficient (Wildman–Crippen LogP) is 5.21. The maximum Gasteiger partial charge on any atom is 0.234 e. The lowest BCUT2D eigenvalue weighted by Crippen LogP contribution is -2.17. The Balaban J connectivity index is 1.59. The fourth-order valence-electron chi connectivity index (χ4n) is 3.22.